The van der Waals surface area contributed by atoms with E-state index in [2.05, 4.69) is 26.7 Å². The molecule has 1 N–H and O–H groups in total. The third-order valence-electron chi connectivity index (χ3n) is 7.10. The zero-order valence-corrected chi connectivity index (χ0v) is 19.9. The van der Waals surface area contributed by atoms with E-state index in [4.69, 9.17) is 4.98 Å². The Balaban J connectivity index is 1.24. The first-order valence-electron chi connectivity index (χ1n) is 11.6. The second-order valence-corrected chi connectivity index (χ2v) is 10.4. The summed E-state index contributed by atoms with van der Waals surface area (Å²) in [5.74, 6) is 0.366. The highest BCUT2D eigenvalue weighted by atomic mass is 32.1. The van der Waals surface area contributed by atoms with Crippen molar-refractivity contribution in [1.82, 2.24) is 24.6 Å². The Bertz CT molecular complexity index is 1440. The van der Waals surface area contributed by atoms with Gasteiger partial charge in [0.15, 0.2) is 0 Å². The van der Waals surface area contributed by atoms with Crippen LogP contribution in [0.25, 0.3) is 21.6 Å². The van der Waals surface area contributed by atoms with Gasteiger partial charge in [0.25, 0.3) is 5.91 Å². The number of carbonyl (C=O) groups excluding carboxylic acids is 2. The van der Waals surface area contributed by atoms with E-state index < -0.39 is 0 Å². The molecule has 4 aromatic rings. The molecular weight excluding hydrogens is 460 g/mol. The molecule has 1 aliphatic heterocycles. The minimum Gasteiger partial charge on any atom is -0.339 e. The van der Waals surface area contributed by atoms with Crippen molar-refractivity contribution in [2.45, 2.75) is 25.3 Å². The van der Waals surface area contributed by atoms with Gasteiger partial charge in [0.1, 0.15) is 5.69 Å². The highest BCUT2D eigenvalue weighted by molar-refractivity contribution is 7.17. The Labute approximate surface area is 206 Å². The summed E-state index contributed by atoms with van der Waals surface area (Å²) in [6, 6.07) is 15.6. The molecule has 0 bridgehead atoms. The normalized spacial score (nSPS) is 21.3. The number of benzene rings is 1. The van der Waals surface area contributed by atoms with E-state index in [9.17, 15) is 9.59 Å². The van der Waals surface area contributed by atoms with E-state index in [0.29, 0.717) is 10.8 Å². The molecule has 1 saturated heterocycles. The topological polar surface area (TPSA) is 93.0 Å². The van der Waals surface area contributed by atoms with Gasteiger partial charge >= 0.3 is 0 Å². The van der Waals surface area contributed by atoms with Gasteiger partial charge < -0.3 is 9.47 Å². The van der Waals surface area contributed by atoms with E-state index in [1.165, 1.54) is 17.4 Å². The number of thiophene rings is 1. The molecule has 0 radical (unpaired) electrons. The summed E-state index contributed by atoms with van der Waals surface area (Å²) in [4.78, 5) is 33.4. The van der Waals surface area contributed by atoms with Crippen molar-refractivity contribution in [3.8, 4) is 10.6 Å². The smallest absolute Gasteiger partial charge is 0.268 e. The first-order chi connectivity index (χ1) is 17.0. The highest BCUT2D eigenvalue weighted by Crippen LogP contribution is 2.55. The number of rotatable bonds is 5. The van der Waals surface area contributed by atoms with Gasteiger partial charge in [0.2, 0.25) is 11.9 Å². The molecule has 176 valence electrons. The van der Waals surface area contributed by atoms with Crippen LogP contribution in [0.3, 0.4) is 0 Å². The van der Waals surface area contributed by atoms with Gasteiger partial charge in [0, 0.05) is 25.3 Å². The lowest BCUT2D eigenvalue weighted by Gasteiger charge is -2.46. The van der Waals surface area contributed by atoms with Gasteiger partial charge in [-0.15, -0.1) is 16.4 Å². The van der Waals surface area contributed by atoms with Crippen molar-refractivity contribution < 1.29 is 9.59 Å². The maximum Gasteiger partial charge on any atom is 0.268 e. The number of hydrogen-bond donors (Lipinski definition) is 1. The Hall–Kier alpha value is -3.85. The number of fused-ring (bicyclic) bond motifs is 1. The van der Waals surface area contributed by atoms with Gasteiger partial charge in [-0.05, 0) is 67.2 Å². The Morgan fingerprint density at radius 3 is 2.80 bits per heavy atom. The van der Waals surface area contributed by atoms with Crippen molar-refractivity contribution in [1.29, 1.82) is 0 Å². The molecule has 8 nitrogen and oxygen atoms in total. The van der Waals surface area contributed by atoms with E-state index in [1.807, 2.05) is 47.4 Å². The van der Waals surface area contributed by atoms with Crippen LogP contribution < -0.4 is 5.32 Å². The average molecular weight is 485 g/mol. The van der Waals surface area contributed by atoms with Gasteiger partial charge in [0.05, 0.1) is 20.8 Å². The molecular formula is C26H24N6O2S. The average Bonchev–Trinajstić information content (AvgIpc) is 3.60. The molecule has 1 spiro atoms. The van der Waals surface area contributed by atoms with Crippen LogP contribution in [0.1, 0.15) is 35.0 Å². The van der Waals surface area contributed by atoms with E-state index >= 15 is 0 Å². The molecule has 1 aromatic carbocycles. The Kier molecular flexibility index (Phi) is 5.21. The lowest BCUT2D eigenvalue weighted by atomic mass is 9.65. The molecule has 4 heterocycles. The van der Waals surface area contributed by atoms with Crippen LogP contribution in [0.2, 0.25) is 0 Å². The molecule has 0 atom stereocenters. The predicted molar refractivity (Wildman–Crippen MR) is 135 cm³/mol. The first kappa shape index (κ1) is 21.7. The van der Waals surface area contributed by atoms with Crippen LogP contribution in [-0.4, -0.2) is 49.6 Å². The largest absolute Gasteiger partial charge is 0.339 e. The number of aromatic nitrogens is 4. The SMILES string of the molecule is C=CC(=O)N1CC[C@]2(C1)C[C@H](n1c(NC(=O)c3ccc(-c4cccnn4)s3)nc3ccccc31)C2. The van der Waals surface area contributed by atoms with E-state index in [-0.39, 0.29) is 23.3 Å². The molecule has 1 saturated carbocycles. The number of likely N-dealkylation sites (tertiary alicyclic amines) is 1. The Morgan fingerprint density at radius 1 is 1.14 bits per heavy atom. The number of anilines is 1. The summed E-state index contributed by atoms with van der Waals surface area (Å²) in [7, 11) is 0. The molecule has 0 unspecified atom stereocenters. The summed E-state index contributed by atoms with van der Waals surface area (Å²) in [5, 5.41) is 11.1. The minimum absolute atomic E-state index is 0.00293. The van der Waals surface area contributed by atoms with E-state index in [0.717, 1.165) is 54.0 Å². The molecule has 6 rings (SSSR count). The maximum atomic E-state index is 13.2. The zero-order valence-electron chi connectivity index (χ0n) is 19.1. The molecule has 9 heteroatoms. The zero-order chi connectivity index (χ0) is 24.0. The van der Waals surface area contributed by atoms with Crippen LogP contribution >= 0.6 is 11.3 Å². The van der Waals surface area contributed by atoms with Crippen molar-refractivity contribution in [2.75, 3.05) is 18.4 Å². The third kappa shape index (κ3) is 3.81. The van der Waals surface area contributed by atoms with Crippen LogP contribution in [0.15, 0.2) is 67.4 Å². The summed E-state index contributed by atoms with van der Waals surface area (Å²) in [6.45, 7) is 5.16. The number of hydrogen-bond acceptors (Lipinski definition) is 6. The minimum atomic E-state index is -0.195. The van der Waals surface area contributed by atoms with Crippen molar-refractivity contribution >= 4 is 40.1 Å². The quantitative estimate of drug-likeness (QED) is 0.420. The molecule has 2 aliphatic rings. The van der Waals surface area contributed by atoms with Gasteiger partial charge in [-0.3, -0.25) is 14.9 Å². The second kappa shape index (κ2) is 8.42. The fourth-order valence-electron chi connectivity index (χ4n) is 5.40. The number of amides is 2. The van der Waals surface area contributed by atoms with Gasteiger partial charge in [-0.25, -0.2) is 4.98 Å². The number of imidazole rings is 1. The maximum absolute atomic E-state index is 13.2. The molecule has 35 heavy (non-hydrogen) atoms. The first-order valence-corrected chi connectivity index (χ1v) is 12.4. The summed E-state index contributed by atoms with van der Waals surface area (Å²) in [5.41, 5.74) is 2.73. The lowest BCUT2D eigenvalue weighted by molar-refractivity contribution is -0.125. The van der Waals surface area contributed by atoms with Crippen LogP contribution in [0.4, 0.5) is 5.95 Å². The van der Waals surface area contributed by atoms with Crippen LogP contribution in [0.5, 0.6) is 0 Å². The molecule has 2 amide bonds. The Morgan fingerprint density at radius 2 is 2.00 bits per heavy atom. The fourth-order valence-corrected chi connectivity index (χ4v) is 6.27. The molecule has 1 aliphatic carbocycles. The number of nitrogens with one attached hydrogen (secondary N) is 1. The fraction of sp³-hybridized carbons (Fsp3) is 0.269. The standard InChI is InChI=1S/C26H24N6O2S/c1-2-23(33)31-13-11-26(16-31)14-17(15-26)32-20-8-4-3-6-18(20)28-25(32)29-24(34)22-10-9-21(35-22)19-7-5-12-27-30-19/h2-10,12,17H,1,11,13-16H2,(H,28,29,34)/t17-,26-. The van der Waals surface area contributed by atoms with Gasteiger partial charge in [-0.2, -0.15) is 5.10 Å². The molecule has 2 fully saturated rings. The summed E-state index contributed by atoms with van der Waals surface area (Å²) < 4.78 is 2.16. The van der Waals surface area contributed by atoms with Crippen molar-refractivity contribution in [3.05, 3.63) is 72.3 Å². The third-order valence-corrected chi connectivity index (χ3v) is 8.21. The monoisotopic (exact) mass is 484 g/mol. The summed E-state index contributed by atoms with van der Waals surface area (Å²) in [6.07, 6.45) is 5.92. The number of nitrogens with zero attached hydrogens (tertiary/aromatic N) is 5. The number of para-hydroxylation sites is 2. The highest BCUT2D eigenvalue weighted by Gasteiger charge is 2.50. The predicted octanol–water partition coefficient (Wildman–Crippen LogP) is 4.55. The lowest BCUT2D eigenvalue weighted by Crippen LogP contribution is -2.42. The van der Waals surface area contributed by atoms with Gasteiger partial charge in [-0.1, -0.05) is 18.7 Å². The second-order valence-electron chi connectivity index (χ2n) is 9.30. The van der Waals surface area contributed by atoms with E-state index in [1.54, 1.807) is 12.3 Å². The number of carbonyl (C=O) groups is 2. The van der Waals surface area contributed by atoms with Crippen molar-refractivity contribution in [2.24, 2.45) is 5.41 Å². The summed E-state index contributed by atoms with van der Waals surface area (Å²) >= 11 is 1.38. The van der Waals surface area contributed by atoms with Crippen molar-refractivity contribution in [3.63, 3.8) is 0 Å². The molecule has 3 aromatic heterocycles. The van der Waals surface area contributed by atoms with Crippen LogP contribution in [0, 0.1) is 5.41 Å². The van der Waals surface area contributed by atoms with Crippen LogP contribution in [-0.2, 0) is 4.79 Å².